The van der Waals surface area contributed by atoms with E-state index in [9.17, 15) is 0 Å². The van der Waals surface area contributed by atoms with Crippen molar-refractivity contribution in [1.29, 1.82) is 5.41 Å². The van der Waals surface area contributed by atoms with Crippen LogP contribution in [0, 0.1) is 5.41 Å². The van der Waals surface area contributed by atoms with Crippen molar-refractivity contribution in [2.75, 3.05) is 6.54 Å². The highest BCUT2D eigenvalue weighted by Crippen LogP contribution is 2.19. The summed E-state index contributed by atoms with van der Waals surface area (Å²) in [4.78, 5) is 2.49. The number of likely N-dealkylation sites (tertiary alicyclic amines) is 1. The van der Waals surface area contributed by atoms with Gasteiger partial charge in [-0.05, 0) is 37.9 Å². The van der Waals surface area contributed by atoms with Crippen LogP contribution >= 0.6 is 0 Å². The Morgan fingerprint density at radius 2 is 2.38 bits per heavy atom. The van der Waals surface area contributed by atoms with E-state index in [0.717, 1.165) is 12.1 Å². The van der Waals surface area contributed by atoms with E-state index in [0.29, 0.717) is 6.04 Å². The lowest BCUT2D eigenvalue weighted by Gasteiger charge is -2.21. The van der Waals surface area contributed by atoms with Crippen LogP contribution in [0.15, 0.2) is 24.3 Å². The van der Waals surface area contributed by atoms with E-state index in [-0.39, 0.29) is 5.84 Å². The molecule has 3 nitrogen and oxygen atoms in total. The third-order valence-corrected chi connectivity index (χ3v) is 3.31. The number of nitrogens with two attached hydrogens (primary N) is 1. The number of hydrogen-bond acceptors (Lipinski definition) is 2. The molecule has 0 spiro atoms. The number of nitrogens with one attached hydrogen (secondary N) is 1. The molecule has 0 saturated carbocycles. The molecule has 1 aliphatic heterocycles. The van der Waals surface area contributed by atoms with Gasteiger partial charge in [-0.15, -0.1) is 0 Å². The molecule has 1 aromatic carbocycles. The molecule has 16 heavy (non-hydrogen) atoms. The topological polar surface area (TPSA) is 53.1 Å². The number of nitrogens with zero attached hydrogens (tertiary/aromatic N) is 1. The van der Waals surface area contributed by atoms with Crippen molar-refractivity contribution < 1.29 is 0 Å². The van der Waals surface area contributed by atoms with Gasteiger partial charge in [-0.25, -0.2) is 0 Å². The molecule has 1 aliphatic rings. The first-order valence-corrected chi connectivity index (χ1v) is 5.84. The Morgan fingerprint density at radius 1 is 1.56 bits per heavy atom. The highest BCUT2D eigenvalue weighted by Gasteiger charge is 2.19. The predicted molar refractivity (Wildman–Crippen MR) is 66.6 cm³/mol. The third-order valence-electron chi connectivity index (χ3n) is 3.31. The second kappa shape index (κ2) is 4.66. The quantitative estimate of drug-likeness (QED) is 0.600. The molecule has 1 heterocycles. The van der Waals surface area contributed by atoms with Gasteiger partial charge in [0, 0.05) is 18.2 Å². The van der Waals surface area contributed by atoms with E-state index in [2.05, 4.69) is 17.9 Å². The maximum absolute atomic E-state index is 7.42. The van der Waals surface area contributed by atoms with Crippen molar-refractivity contribution in [1.82, 2.24) is 4.90 Å². The van der Waals surface area contributed by atoms with E-state index < -0.39 is 0 Å². The van der Waals surface area contributed by atoms with Crippen molar-refractivity contribution in [2.45, 2.75) is 32.4 Å². The lowest BCUT2D eigenvalue weighted by Crippen LogP contribution is -2.26. The molecule has 1 atom stereocenters. The Labute approximate surface area is 96.8 Å². The van der Waals surface area contributed by atoms with Gasteiger partial charge in [0.1, 0.15) is 5.84 Å². The summed E-state index contributed by atoms with van der Waals surface area (Å²) < 4.78 is 0. The van der Waals surface area contributed by atoms with E-state index in [1.807, 2.05) is 18.2 Å². The van der Waals surface area contributed by atoms with Crippen LogP contribution in [0.4, 0.5) is 0 Å². The Kier molecular flexibility index (Phi) is 3.25. The summed E-state index contributed by atoms with van der Waals surface area (Å²) in [5.74, 6) is 0.149. The predicted octanol–water partition coefficient (Wildman–Crippen LogP) is 1.95. The summed E-state index contributed by atoms with van der Waals surface area (Å²) in [6, 6.07) is 8.68. The minimum Gasteiger partial charge on any atom is -0.384 e. The first kappa shape index (κ1) is 11.1. The first-order chi connectivity index (χ1) is 7.66. The monoisotopic (exact) mass is 217 g/mol. The normalized spacial score (nSPS) is 21.2. The SMILES string of the molecule is CC1CCCN1Cc1cccc(C(=N)N)c1. The van der Waals surface area contributed by atoms with Gasteiger partial charge in [0.15, 0.2) is 0 Å². The van der Waals surface area contributed by atoms with Crippen LogP contribution in [0.3, 0.4) is 0 Å². The molecule has 1 saturated heterocycles. The summed E-state index contributed by atoms with van der Waals surface area (Å²) in [5.41, 5.74) is 7.56. The second-order valence-corrected chi connectivity index (χ2v) is 4.58. The number of amidine groups is 1. The minimum atomic E-state index is 0.149. The van der Waals surface area contributed by atoms with Crippen LogP contribution < -0.4 is 5.73 Å². The minimum absolute atomic E-state index is 0.149. The molecular formula is C13H19N3. The number of hydrogen-bond donors (Lipinski definition) is 2. The summed E-state index contributed by atoms with van der Waals surface area (Å²) in [6.07, 6.45) is 2.60. The van der Waals surface area contributed by atoms with Crippen LogP contribution in [0.5, 0.6) is 0 Å². The fraction of sp³-hybridized carbons (Fsp3) is 0.462. The molecule has 2 rings (SSSR count). The fourth-order valence-electron chi connectivity index (χ4n) is 2.30. The molecule has 1 aromatic rings. The van der Waals surface area contributed by atoms with Gasteiger partial charge >= 0.3 is 0 Å². The molecule has 1 fully saturated rings. The number of rotatable bonds is 3. The summed E-state index contributed by atoms with van der Waals surface area (Å²) >= 11 is 0. The average molecular weight is 217 g/mol. The standard InChI is InChI=1S/C13H19N3/c1-10-4-3-7-16(10)9-11-5-2-6-12(8-11)13(14)15/h2,5-6,8,10H,3-4,7,9H2,1H3,(H3,14,15). The van der Waals surface area contributed by atoms with Gasteiger partial charge in [0.2, 0.25) is 0 Å². The molecular weight excluding hydrogens is 198 g/mol. The Hall–Kier alpha value is -1.35. The van der Waals surface area contributed by atoms with Gasteiger partial charge in [0.05, 0.1) is 0 Å². The molecule has 1 unspecified atom stereocenters. The molecule has 86 valence electrons. The highest BCUT2D eigenvalue weighted by molar-refractivity contribution is 5.95. The molecule has 0 bridgehead atoms. The Balaban J connectivity index is 2.09. The van der Waals surface area contributed by atoms with E-state index >= 15 is 0 Å². The molecule has 3 heteroatoms. The molecule has 0 aromatic heterocycles. The number of benzene rings is 1. The Bertz CT molecular complexity index is 387. The fourth-order valence-corrected chi connectivity index (χ4v) is 2.30. The zero-order valence-corrected chi connectivity index (χ0v) is 9.74. The van der Waals surface area contributed by atoms with Crippen molar-refractivity contribution in [3.63, 3.8) is 0 Å². The van der Waals surface area contributed by atoms with Crippen LogP contribution in [0.1, 0.15) is 30.9 Å². The maximum Gasteiger partial charge on any atom is 0.122 e. The molecule has 0 aliphatic carbocycles. The van der Waals surface area contributed by atoms with Crippen molar-refractivity contribution in [3.8, 4) is 0 Å². The largest absolute Gasteiger partial charge is 0.384 e. The lowest BCUT2D eigenvalue weighted by molar-refractivity contribution is 0.260. The third kappa shape index (κ3) is 2.42. The van der Waals surface area contributed by atoms with E-state index in [4.69, 9.17) is 11.1 Å². The van der Waals surface area contributed by atoms with Crippen LogP contribution in [-0.2, 0) is 6.54 Å². The maximum atomic E-state index is 7.42. The lowest BCUT2D eigenvalue weighted by atomic mass is 10.1. The smallest absolute Gasteiger partial charge is 0.122 e. The zero-order chi connectivity index (χ0) is 11.5. The summed E-state index contributed by atoms with van der Waals surface area (Å²) in [5, 5.41) is 7.42. The van der Waals surface area contributed by atoms with Crippen LogP contribution in [0.25, 0.3) is 0 Å². The first-order valence-electron chi connectivity index (χ1n) is 5.84. The van der Waals surface area contributed by atoms with Gasteiger partial charge in [-0.2, -0.15) is 0 Å². The Morgan fingerprint density at radius 3 is 3.00 bits per heavy atom. The molecule has 0 radical (unpaired) electrons. The van der Waals surface area contributed by atoms with E-state index in [1.165, 1.54) is 24.9 Å². The molecule has 0 amide bonds. The van der Waals surface area contributed by atoms with Crippen molar-refractivity contribution in [3.05, 3.63) is 35.4 Å². The highest BCUT2D eigenvalue weighted by atomic mass is 15.2. The molecule has 3 N–H and O–H groups in total. The van der Waals surface area contributed by atoms with Crippen LogP contribution in [-0.4, -0.2) is 23.3 Å². The van der Waals surface area contributed by atoms with Gasteiger partial charge < -0.3 is 5.73 Å². The van der Waals surface area contributed by atoms with Gasteiger partial charge in [-0.3, -0.25) is 10.3 Å². The zero-order valence-electron chi connectivity index (χ0n) is 9.74. The number of nitrogen functional groups attached to an aromatic ring is 1. The summed E-state index contributed by atoms with van der Waals surface area (Å²) in [7, 11) is 0. The van der Waals surface area contributed by atoms with Gasteiger partial charge in [0.25, 0.3) is 0 Å². The second-order valence-electron chi connectivity index (χ2n) is 4.58. The van der Waals surface area contributed by atoms with Crippen molar-refractivity contribution >= 4 is 5.84 Å². The summed E-state index contributed by atoms with van der Waals surface area (Å²) in [6.45, 7) is 4.44. The van der Waals surface area contributed by atoms with Gasteiger partial charge in [-0.1, -0.05) is 18.2 Å². The van der Waals surface area contributed by atoms with Crippen LogP contribution in [0.2, 0.25) is 0 Å². The average Bonchev–Trinajstić information content (AvgIpc) is 2.65. The van der Waals surface area contributed by atoms with E-state index in [1.54, 1.807) is 0 Å². The van der Waals surface area contributed by atoms with Crippen molar-refractivity contribution in [2.24, 2.45) is 5.73 Å².